The zero-order valence-electron chi connectivity index (χ0n) is 32.7. The van der Waals surface area contributed by atoms with E-state index in [0.717, 1.165) is 19.3 Å². The second-order valence-electron chi connectivity index (χ2n) is 17.2. The van der Waals surface area contributed by atoms with Crippen LogP contribution in [0.3, 0.4) is 0 Å². The van der Waals surface area contributed by atoms with Crippen LogP contribution in [0.25, 0.3) is 11.1 Å². The Morgan fingerprint density at radius 3 is 1.44 bits per heavy atom. The molecule has 0 heterocycles. The Morgan fingerprint density at radius 2 is 1.08 bits per heavy atom. The molecule has 4 aromatic rings. The van der Waals surface area contributed by atoms with Gasteiger partial charge in [-0.3, -0.25) is 0 Å². The van der Waals surface area contributed by atoms with E-state index in [2.05, 4.69) is 160 Å². The van der Waals surface area contributed by atoms with Crippen LogP contribution in [-0.4, -0.2) is 3.21 Å². The summed E-state index contributed by atoms with van der Waals surface area (Å²) in [5.74, 6) is 0. The predicted octanol–water partition coefficient (Wildman–Crippen LogP) is 13.4. The third kappa shape index (κ3) is 7.51. The van der Waals surface area contributed by atoms with Gasteiger partial charge in [0.05, 0.1) is 0 Å². The Morgan fingerprint density at radius 1 is 0.640 bits per heavy atom. The Hall–Kier alpha value is -2.89. The molecule has 0 nitrogen and oxygen atoms in total. The van der Waals surface area contributed by atoms with Gasteiger partial charge in [-0.1, -0.05) is 0 Å². The molecule has 1 heteroatoms. The van der Waals surface area contributed by atoms with E-state index in [4.69, 9.17) is 0 Å². The van der Waals surface area contributed by atoms with Gasteiger partial charge in [-0.2, -0.15) is 0 Å². The molecular weight excluding hydrogens is 680 g/mol. The number of hydrogen-bond acceptors (Lipinski definition) is 0. The van der Waals surface area contributed by atoms with Crippen molar-refractivity contribution in [2.24, 2.45) is 0 Å². The molecule has 4 aromatic carbocycles. The summed E-state index contributed by atoms with van der Waals surface area (Å²) in [7, 11) is 0. The van der Waals surface area contributed by atoms with E-state index in [0.29, 0.717) is 3.63 Å². The van der Waals surface area contributed by atoms with Crippen molar-refractivity contribution < 1.29 is 21.3 Å². The van der Waals surface area contributed by atoms with Gasteiger partial charge in [0, 0.05) is 0 Å². The topological polar surface area (TPSA) is 0 Å². The van der Waals surface area contributed by atoms with Crippen LogP contribution in [0.2, 0.25) is 0 Å². The molecule has 0 spiro atoms. The molecule has 0 N–H and O–H groups in total. The first kappa shape index (κ1) is 36.9. The van der Waals surface area contributed by atoms with Gasteiger partial charge in [0.25, 0.3) is 0 Å². The fraction of sp³-hybridized carbons (Fsp3) is 0.408. The molecule has 50 heavy (non-hydrogen) atoms. The number of allylic oxidation sites excluding steroid dienone is 4. The van der Waals surface area contributed by atoms with Crippen molar-refractivity contribution in [3.8, 4) is 11.1 Å². The van der Waals surface area contributed by atoms with Crippen LogP contribution in [-0.2, 0) is 44.9 Å². The van der Waals surface area contributed by atoms with Crippen LogP contribution in [0.5, 0.6) is 0 Å². The van der Waals surface area contributed by atoms with E-state index in [1.807, 2.05) is 0 Å². The first-order valence-electron chi connectivity index (χ1n) is 19.4. The van der Waals surface area contributed by atoms with E-state index >= 15 is 0 Å². The number of rotatable bonds is 10. The van der Waals surface area contributed by atoms with Crippen molar-refractivity contribution >= 4 is 3.21 Å². The molecule has 0 bridgehead atoms. The molecule has 0 radical (unpaired) electrons. The number of benzene rings is 4. The third-order valence-electron chi connectivity index (χ3n) is 11.1. The predicted molar refractivity (Wildman–Crippen MR) is 216 cm³/mol. The van der Waals surface area contributed by atoms with Gasteiger partial charge >= 0.3 is 314 Å². The summed E-state index contributed by atoms with van der Waals surface area (Å²) >= 11 is -2.77. The third-order valence-corrected chi connectivity index (χ3v) is 19.4. The van der Waals surface area contributed by atoms with Crippen LogP contribution in [0, 0.1) is 13.8 Å². The van der Waals surface area contributed by atoms with Gasteiger partial charge in [0.15, 0.2) is 0 Å². The van der Waals surface area contributed by atoms with Crippen molar-refractivity contribution in [2.75, 3.05) is 0 Å². The normalized spacial score (nSPS) is 14.2. The van der Waals surface area contributed by atoms with E-state index in [1.165, 1.54) is 81.3 Å². The minimum absolute atomic E-state index is 0.0880. The molecule has 0 saturated carbocycles. The summed E-state index contributed by atoms with van der Waals surface area (Å²) < 4.78 is 3.79. The van der Waals surface area contributed by atoms with E-state index < -0.39 is 21.3 Å². The molecule has 6 rings (SSSR count). The first-order valence-corrected chi connectivity index (χ1v) is 23.3. The van der Waals surface area contributed by atoms with Crippen molar-refractivity contribution in [3.63, 3.8) is 0 Å². The van der Waals surface area contributed by atoms with Crippen molar-refractivity contribution in [3.05, 3.63) is 150 Å². The summed E-state index contributed by atoms with van der Waals surface area (Å²) in [6, 6.07) is 30.1. The van der Waals surface area contributed by atoms with Crippen LogP contribution in [0.4, 0.5) is 0 Å². The van der Waals surface area contributed by atoms with Crippen molar-refractivity contribution in [1.82, 2.24) is 0 Å². The summed E-state index contributed by atoms with van der Waals surface area (Å²) in [5, 5.41) is 0. The summed E-state index contributed by atoms with van der Waals surface area (Å²) in [6.07, 6.45) is 15.6. The fourth-order valence-corrected chi connectivity index (χ4v) is 17.5. The zero-order chi connectivity index (χ0) is 35.8. The van der Waals surface area contributed by atoms with Gasteiger partial charge < -0.3 is 0 Å². The van der Waals surface area contributed by atoms with E-state index in [-0.39, 0.29) is 10.8 Å². The fourth-order valence-electron chi connectivity index (χ4n) is 8.55. The van der Waals surface area contributed by atoms with Gasteiger partial charge in [-0.15, -0.1) is 0 Å². The second kappa shape index (κ2) is 15.0. The average Bonchev–Trinajstić information content (AvgIpc) is 3.70. The molecule has 0 aliphatic heterocycles. The summed E-state index contributed by atoms with van der Waals surface area (Å²) in [4.78, 5) is 0. The standard InChI is InChI=1S/C23H29.C21H26.C5H5.Zr/c1-14-9-16-11-17-10-15(2)21(23(6,7)8)13-19(17)18(16)12-20(14)22(3,4)5;1-3-5-7-18-9-13-20(14-10-18)17-21-15-11-19(12-16-21)8-6-4-2;1-2-4-5-3-1;/h9-13H,1-8H3;9-16H,3-8H2,1-2H3;1-3H,4H2;. The second-order valence-corrected chi connectivity index (χ2v) is 23.4. The van der Waals surface area contributed by atoms with Gasteiger partial charge in [-0.25, -0.2) is 0 Å². The molecular formula is C49H60Zr. The summed E-state index contributed by atoms with van der Waals surface area (Å²) in [6.45, 7) is 23.6. The van der Waals surface area contributed by atoms with Gasteiger partial charge in [0.2, 0.25) is 0 Å². The SMILES string of the molecule is CCCCc1ccc([C](c2ccc(CCCC)cc2)=[Zr]([C]2=CC=CC2)[CH]2c3cc(C)c(C(C)(C)C)cc3-c3cc(C(C)(C)C)c(C)cc32)cc1. The molecule has 0 saturated heterocycles. The Kier molecular flexibility index (Phi) is 11.1. The Bertz CT molecular complexity index is 1820. The Labute approximate surface area is 312 Å². The monoisotopic (exact) mass is 738 g/mol. The number of fused-ring (bicyclic) bond motifs is 3. The van der Waals surface area contributed by atoms with Crippen molar-refractivity contribution in [2.45, 2.75) is 129 Å². The van der Waals surface area contributed by atoms with E-state index in [9.17, 15) is 0 Å². The Balaban J connectivity index is 1.69. The molecule has 2 aliphatic rings. The van der Waals surface area contributed by atoms with Gasteiger partial charge in [-0.05, 0) is 0 Å². The number of unbranched alkanes of at least 4 members (excludes halogenated alkanes) is 2. The molecule has 0 amide bonds. The molecule has 0 fully saturated rings. The quantitative estimate of drug-likeness (QED) is 0.152. The van der Waals surface area contributed by atoms with Crippen LogP contribution < -0.4 is 0 Å². The van der Waals surface area contributed by atoms with Crippen molar-refractivity contribution in [1.29, 1.82) is 0 Å². The van der Waals surface area contributed by atoms with E-state index in [1.54, 1.807) is 17.6 Å². The van der Waals surface area contributed by atoms with Gasteiger partial charge in [0.1, 0.15) is 0 Å². The van der Waals surface area contributed by atoms with Crippen LogP contribution in [0.1, 0.15) is 147 Å². The molecule has 260 valence electrons. The summed E-state index contributed by atoms with van der Waals surface area (Å²) in [5.41, 5.74) is 17.9. The number of aryl methyl sites for hydroxylation is 4. The van der Waals surface area contributed by atoms with Crippen LogP contribution in [0.15, 0.2) is 94.3 Å². The number of hydrogen-bond donors (Lipinski definition) is 0. The van der Waals surface area contributed by atoms with Crippen LogP contribution >= 0.6 is 0 Å². The molecule has 0 atom stereocenters. The molecule has 0 aromatic heterocycles. The minimum atomic E-state index is -2.77. The first-order chi connectivity index (χ1) is 23.8. The maximum absolute atomic E-state index is 2.77. The molecule has 0 unspecified atom stereocenters. The zero-order valence-corrected chi connectivity index (χ0v) is 35.1. The molecule has 2 aliphatic carbocycles. The maximum atomic E-state index is 2.62. The average molecular weight is 740 g/mol.